The van der Waals surface area contributed by atoms with E-state index >= 15 is 0 Å². The van der Waals surface area contributed by atoms with Gasteiger partial charge in [0.05, 0.1) is 11.1 Å². The highest BCUT2D eigenvalue weighted by Gasteiger charge is 2.34. The van der Waals surface area contributed by atoms with E-state index in [0.29, 0.717) is 18.8 Å². The zero-order chi connectivity index (χ0) is 21.3. The molecule has 3 aromatic rings. The van der Waals surface area contributed by atoms with E-state index in [2.05, 4.69) is 5.10 Å². The molecule has 30 heavy (non-hydrogen) atoms. The molecule has 1 aliphatic heterocycles. The van der Waals surface area contributed by atoms with Crippen molar-refractivity contribution in [2.75, 3.05) is 13.2 Å². The molecule has 0 saturated carbocycles. The van der Waals surface area contributed by atoms with Crippen LogP contribution in [0.5, 0.6) is 5.75 Å². The highest BCUT2D eigenvalue weighted by atomic mass is 32.2. The van der Waals surface area contributed by atoms with Crippen LogP contribution in [0.25, 0.3) is 0 Å². The first kappa shape index (κ1) is 20.1. The van der Waals surface area contributed by atoms with E-state index in [4.69, 9.17) is 10.5 Å². The van der Waals surface area contributed by atoms with Gasteiger partial charge < -0.3 is 10.5 Å². The number of nitrogens with two attached hydrogens (primary N) is 1. The van der Waals surface area contributed by atoms with Gasteiger partial charge in [-0.1, -0.05) is 24.3 Å². The van der Waals surface area contributed by atoms with Gasteiger partial charge >= 0.3 is 0 Å². The monoisotopic (exact) mass is 426 g/mol. The van der Waals surface area contributed by atoms with Crippen LogP contribution in [0.4, 0.5) is 0 Å². The number of carbonyl (C=O) groups is 1. The first-order chi connectivity index (χ1) is 14.3. The van der Waals surface area contributed by atoms with Gasteiger partial charge in [-0.3, -0.25) is 9.48 Å². The Kier molecular flexibility index (Phi) is 5.31. The Hall–Kier alpha value is -3.17. The van der Waals surface area contributed by atoms with Gasteiger partial charge in [0.15, 0.2) is 6.61 Å². The number of amides is 1. The third-order valence-electron chi connectivity index (χ3n) is 5.13. The quantitative estimate of drug-likeness (QED) is 0.644. The van der Waals surface area contributed by atoms with Gasteiger partial charge in [-0.15, -0.1) is 0 Å². The first-order valence-electron chi connectivity index (χ1n) is 9.42. The minimum atomic E-state index is -3.73. The SMILES string of the molecule is Cn1cc(C2CN(S(=O)(=O)c3ccc(OCC(N)=O)cc3)Cc3ccccc32)cn1. The van der Waals surface area contributed by atoms with Gasteiger partial charge in [0.1, 0.15) is 5.75 Å². The van der Waals surface area contributed by atoms with Gasteiger partial charge in [0.2, 0.25) is 10.0 Å². The Labute approximate surface area is 174 Å². The first-order valence-corrected chi connectivity index (χ1v) is 10.9. The maximum Gasteiger partial charge on any atom is 0.255 e. The Morgan fingerprint density at radius 3 is 2.60 bits per heavy atom. The molecule has 156 valence electrons. The van der Waals surface area contributed by atoms with Crippen LogP contribution in [0.1, 0.15) is 22.6 Å². The molecule has 1 aliphatic rings. The average molecular weight is 426 g/mol. The molecule has 1 aromatic heterocycles. The zero-order valence-corrected chi connectivity index (χ0v) is 17.2. The molecule has 8 nitrogen and oxygen atoms in total. The molecule has 0 saturated heterocycles. The molecule has 1 atom stereocenters. The number of aromatic nitrogens is 2. The maximum absolute atomic E-state index is 13.3. The van der Waals surface area contributed by atoms with Crippen molar-refractivity contribution in [2.45, 2.75) is 17.4 Å². The summed E-state index contributed by atoms with van der Waals surface area (Å²) in [5, 5.41) is 4.25. The molecule has 0 radical (unpaired) electrons. The second-order valence-corrected chi connectivity index (χ2v) is 9.16. The van der Waals surface area contributed by atoms with Crippen molar-refractivity contribution in [1.29, 1.82) is 0 Å². The van der Waals surface area contributed by atoms with Crippen molar-refractivity contribution in [3.63, 3.8) is 0 Å². The van der Waals surface area contributed by atoms with Gasteiger partial charge in [-0.2, -0.15) is 9.40 Å². The van der Waals surface area contributed by atoms with Crippen LogP contribution < -0.4 is 10.5 Å². The molecule has 4 rings (SSSR count). The predicted molar refractivity (Wildman–Crippen MR) is 110 cm³/mol. The minimum absolute atomic E-state index is 0.100. The Bertz CT molecular complexity index is 1170. The molecule has 0 spiro atoms. The lowest BCUT2D eigenvalue weighted by Gasteiger charge is -2.33. The summed E-state index contributed by atoms with van der Waals surface area (Å²) < 4.78 is 35.1. The third kappa shape index (κ3) is 3.94. The molecule has 2 aromatic carbocycles. The van der Waals surface area contributed by atoms with E-state index in [-0.39, 0.29) is 17.4 Å². The number of primary amides is 1. The molecular weight excluding hydrogens is 404 g/mol. The number of benzene rings is 2. The van der Waals surface area contributed by atoms with Crippen molar-refractivity contribution in [3.05, 3.63) is 77.6 Å². The number of carbonyl (C=O) groups excluding carboxylic acids is 1. The second-order valence-electron chi connectivity index (χ2n) is 7.22. The number of aryl methyl sites for hydroxylation is 1. The molecule has 2 heterocycles. The van der Waals surface area contributed by atoms with E-state index in [1.807, 2.05) is 37.5 Å². The van der Waals surface area contributed by atoms with Crippen molar-refractivity contribution < 1.29 is 17.9 Å². The van der Waals surface area contributed by atoms with Gasteiger partial charge in [-0.25, -0.2) is 8.42 Å². The van der Waals surface area contributed by atoms with Gasteiger partial charge in [0, 0.05) is 32.3 Å². The fourth-order valence-corrected chi connectivity index (χ4v) is 5.11. The van der Waals surface area contributed by atoms with Gasteiger partial charge in [-0.05, 0) is 41.0 Å². The largest absolute Gasteiger partial charge is 0.484 e. The van der Waals surface area contributed by atoms with E-state index in [9.17, 15) is 13.2 Å². The summed E-state index contributed by atoms with van der Waals surface area (Å²) in [6.45, 7) is 0.363. The minimum Gasteiger partial charge on any atom is -0.484 e. The molecular formula is C21H22N4O4S. The van der Waals surface area contributed by atoms with E-state index < -0.39 is 15.9 Å². The molecule has 0 bridgehead atoms. The van der Waals surface area contributed by atoms with Crippen molar-refractivity contribution in [3.8, 4) is 5.75 Å². The van der Waals surface area contributed by atoms with Crippen molar-refractivity contribution >= 4 is 15.9 Å². The summed E-state index contributed by atoms with van der Waals surface area (Å²) in [5.74, 6) is -0.318. The van der Waals surface area contributed by atoms with Crippen LogP contribution in [-0.4, -0.2) is 41.6 Å². The Morgan fingerprint density at radius 2 is 1.93 bits per heavy atom. The smallest absolute Gasteiger partial charge is 0.255 e. The number of fused-ring (bicyclic) bond motifs is 1. The van der Waals surface area contributed by atoms with Crippen molar-refractivity contribution in [1.82, 2.24) is 14.1 Å². The highest BCUT2D eigenvalue weighted by Crippen LogP contribution is 2.35. The Morgan fingerprint density at radius 1 is 1.20 bits per heavy atom. The number of sulfonamides is 1. The van der Waals surface area contributed by atoms with Crippen LogP contribution in [0.15, 0.2) is 65.8 Å². The van der Waals surface area contributed by atoms with Crippen LogP contribution in [-0.2, 0) is 28.4 Å². The topological polar surface area (TPSA) is 108 Å². The lowest BCUT2D eigenvalue weighted by Crippen LogP contribution is -2.38. The molecule has 1 amide bonds. The maximum atomic E-state index is 13.3. The van der Waals surface area contributed by atoms with E-state index in [0.717, 1.165) is 16.7 Å². The molecule has 9 heteroatoms. The number of rotatable bonds is 6. The van der Waals surface area contributed by atoms with E-state index in [1.54, 1.807) is 10.9 Å². The summed E-state index contributed by atoms with van der Waals surface area (Å²) >= 11 is 0. The predicted octanol–water partition coefficient (Wildman–Crippen LogP) is 1.62. The summed E-state index contributed by atoms with van der Waals surface area (Å²) in [6.07, 6.45) is 3.70. The lowest BCUT2D eigenvalue weighted by molar-refractivity contribution is -0.119. The molecule has 0 aliphatic carbocycles. The van der Waals surface area contributed by atoms with E-state index in [1.165, 1.54) is 28.6 Å². The summed E-state index contributed by atoms with van der Waals surface area (Å²) in [6, 6.07) is 13.9. The zero-order valence-electron chi connectivity index (χ0n) is 16.4. The number of ether oxygens (including phenoxy) is 1. The number of hydrogen-bond donors (Lipinski definition) is 1. The fraction of sp³-hybridized carbons (Fsp3) is 0.238. The summed E-state index contributed by atoms with van der Waals surface area (Å²) in [5.41, 5.74) is 8.13. The average Bonchev–Trinajstić information content (AvgIpc) is 3.17. The molecule has 1 unspecified atom stereocenters. The van der Waals surface area contributed by atoms with Crippen molar-refractivity contribution in [2.24, 2.45) is 12.8 Å². The van der Waals surface area contributed by atoms with Crippen LogP contribution in [0.2, 0.25) is 0 Å². The number of hydrogen-bond acceptors (Lipinski definition) is 5. The fourth-order valence-electron chi connectivity index (χ4n) is 3.67. The number of nitrogens with zero attached hydrogens (tertiary/aromatic N) is 3. The lowest BCUT2D eigenvalue weighted by atomic mass is 9.87. The van der Waals surface area contributed by atoms with Crippen LogP contribution in [0, 0.1) is 0 Å². The standard InChI is InChI=1S/C21H22N4O4S/c1-24-11-16(10-23-24)20-13-25(12-15-4-2-3-5-19(15)20)30(27,28)18-8-6-17(7-9-18)29-14-21(22)26/h2-11,20H,12-14H2,1H3,(H2,22,26). The van der Waals surface area contributed by atoms with Gasteiger partial charge in [0.25, 0.3) is 5.91 Å². The van der Waals surface area contributed by atoms with Crippen LogP contribution in [0.3, 0.4) is 0 Å². The second kappa shape index (κ2) is 7.92. The summed E-state index contributed by atoms with van der Waals surface area (Å²) in [7, 11) is -1.89. The summed E-state index contributed by atoms with van der Waals surface area (Å²) in [4.78, 5) is 11.0. The van der Waals surface area contributed by atoms with Crippen LogP contribution >= 0.6 is 0 Å². The highest BCUT2D eigenvalue weighted by molar-refractivity contribution is 7.89. The Balaban J connectivity index is 1.64. The normalized spacial score (nSPS) is 16.8. The molecule has 2 N–H and O–H groups in total. The third-order valence-corrected chi connectivity index (χ3v) is 6.96. The molecule has 0 fully saturated rings.